The minimum atomic E-state index is -0.589. The molecule has 0 N–H and O–H groups in total. The van der Waals surface area contributed by atoms with Crippen LogP contribution in [0.3, 0.4) is 0 Å². The van der Waals surface area contributed by atoms with Crippen molar-refractivity contribution in [2.45, 2.75) is 6.92 Å². The molecule has 154 valence electrons. The Kier molecular flexibility index (Phi) is 4.64. The lowest BCUT2D eigenvalue weighted by Crippen LogP contribution is -2.10. The van der Waals surface area contributed by atoms with E-state index in [0.29, 0.717) is 39.1 Å². The number of allylic oxidation sites excluding steroid dienone is 1. The average molecular weight is 435 g/mol. The van der Waals surface area contributed by atoms with Gasteiger partial charge in [0.05, 0.1) is 16.1 Å². The average Bonchev–Trinajstić information content (AvgIpc) is 3.35. The summed E-state index contributed by atoms with van der Waals surface area (Å²) in [5.74, 6) is 1.26. The van der Waals surface area contributed by atoms with Gasteiger partial charge in [-0.15, -0.1) is 0 Å². The zero-order valence-corrected chi connectivity index (χ0v) is 17.1. The SMILES string of the molecule is Cc1c(OC(=O)c2ccccc2Cl)ccc2c1O/C(=C\c1ccc3c(c1)OCO3)C2=O. The highest BCUT2D eigenvalue weighted by Crippen LogP contribution is 2.40. The van der Waals surface area contributed by atoms with Crippen molar-refractivity contribution < 1.29 is 28.5 Å². The molecule has 0 radical (unpaired) electrons. The Morgan fingerprint density at radius 3 is 2.71 bits per heavy atom. The molecule has 0 aromatic heterocycles. The summed E-state index contributed by atoms with van der Waals surface area (Å²) in [6.07, 6.45) is 1.64. The molecule has 2 aliphatic heterocycles. The van der Waals surface area contributed by atoms with Crippen molar-refractivity contribution in [1.82, 2.24) is 0 Å². The van der Waals surface area contributed by atoms with Crippen LogP contribution in [0, 0.1) is 6.92 Å². The molecule has 0 unspecified atom stereocenters. The number of hydrogen-bond acceptors (Lipinski definition) is 6. The van der Waals surface area contributed by atoms with Crippen LogP contribution in [-0.2, 0) is 0 Å². The van der Waals surface area contributed by atoms with Crippen LogP contribution in [0.25, 0.3) is 6.08 Å². The topological polar surface area (TPSA) is 71.1 Å². The molecule has 5 rings (SSSR count). The van der Waals surface area contributed by atoms with Crippen molar-refractivity contribution in [2.24, 2.45) is 0 Å². The van der Waals surface area contributed by atoms with E-state index in [4.69, 9.17) is 30.5 Å². The molecule has 0 bridgehead atoms. The van der Waals surface area contributed by atoms with E-state index in [2.05, 4.69) is 0 Å². The molecule has 3 aromatic rings. The Balaban J connectivity index is 1.42. The van der Waals surface area contributed by atoms with Crippen LogP contribution >= 0.6 is 11.6 Å². The second-order valence-corrected chi connectivity index (χ2v) is 7.39. The van der Waals surface area contributed by atoms with Gasteiger partial charge in [-0.25, -0.2) is 4.79 Å². The van der Waals surface area contributed by atoms with Gasteiger partial charge in [0.2, 0.25) is 12.6 Å². The number of carbonyl (C=O) groups is 2. The highest BCUT2D eigenvalue weighted by Gasteiger charge is 2.31. The number of ether oxygens (including phenoxy) is 4. The first-order chi connectivity index (χ1) is 15.0. The number of benzene rings is 3. The summed E-state index contributed by atoms with van der Waals surface area (Å²) in [5, 5.41) is 0.298. The molecular weight excluding hydrogens is 420 g/mol. The molecule has 0 amide bonds. The Bertz CT molecular complexity index is 1280. The zero-order valence-electron chi connectivity index (χ0n) is 16.3. The fraction of sp³-hybridized carbons (Fsp3) is 0.0833. The van der Waals surface area contributed by atoms with Gasteiger partial charge in [0, 0.05) is 5.56 Å². The fourth-order valence-electron chi connectivity index (χ4n) is 3.41. The Morgan fingerprint density at radius 2 is 1.87 bits per heavy atom. The Hall–Kier alpha value is -3.77. The predicted molar refractivity (Wildman–Crippen MR) is 113 cm³/mol. The fourth-order valence-corrected chi connectivity index (χ4v) is 3.63. The van der Waals surface area contributed by atoms with Crippen LogP contribution in [0.1, 0.15) is 31.8 Å². The number of ketones is 1. The molecule has 0 saturated carbocycles. The standard InChI is InChI=1S/C24H15ClO6/c1-13-18(31-24(27)15-4-2-3-5-17(15)25)9-7-16-22(26)21(30-23(13)16)11-14-6-8-19-20(10-14)29-12-28-19/h2-11H,12H2,1H3/b21-11-. The van der Waals surface area contributed by atoms with Gasteiger partial charge in [-0.2, -0.15) is 0 Å². The van der Waals surface area contributed by atoms with Crippen molar-refractivity contribution in [1.29, 1.82) is 0 Å². The number of fused-ring (bicyclic) bond motifs is 2. The highest BCUT2D eigenvalue weighted by atomic mass is 35.5. The summed E-state index contributed by atoms with van der Waals surface area (Å²) in [7, 11) is 0. The summed E-state index contributed by atoms with van der Waals surface area (Å²) in [6, 6.07) is 15.2. The summed E-state index contributed by atoms with van der Waals surface area (Å²) in [4.78, 5) is 25.3. The molecule has 0 spiro atoms. The van der Waals surface area contributed by atoms with Gasteiger partial charge in [-0.3, -0.25) is 4.79 Å². The Morgan fingerprint density at radius 1 is 1.06 bits per heavy atom. The molecule has 2 heterocycles. The van der Waals surface area contributed by atoms with E-state index in [9.17, 15) is 9.59 Å². The highest BCUT2D eigenvalue weighted by molar-refractivity contribution is 6.33. The normalized spacial score (nSPS) is 15.0. The third-order valence-electron chi connectivity index (χ3n) is 5.03. The molecule has 6 nitrogen and oxygen atoms in total. The smallest absolute Gasteiger partial charge is 0.345 e. The van der Waals surface area contributed by atoms with E-state index in [0.717, 1.165) is 5.56 Å². The number of hydrogen-bond donors (Lipinski definition) is 0. The molecule has 7 heteroatoms. The van der Waals surface area contributed by atoms with Crippen LogP contribution in [0.15, 0.2) is 60.4 Å². The van der Waals surface area contributed by atoms with Crippen LogP contribution in [0.4, 0.5) is 0 Å². The summed E-state index contributed by atoms with van der Waals surface area (Å²) in [5.41, 5.74) is 1.94. The number of Topliss-reactive ketones (excluding diaryl/α,β-unsaturated/α-hetero) is 1. The number of rotatable bonds is 3. The van der Waals surface area contributed by atoms with Crippen molar-refractivity contribution in [2.75, 3.05) is 6.79 Å². The van der Waals surface area contributed by atoms with Crippen LogP contribution in [-0.4, -0.2) is 18.5 Å². The van der Waals surface area contributed by atoms with Gasteiger partial charge < -0.3 is 18.9 Å². The van der Waals surface area contributed by atoms with Gasteiger partial charge in [0.25, 0.3) is 0 Å². The van der Waals surface area contributed by atoms with Crippen molar-refractivity contribution in [3.8, 4) is 23.0 Å². The molecule has 0 fully saturated rings. The van der Waals surface area contributed by atoms with Gasteiger partial charge in [-0.1, -0.05) is 29.8 Å². The predicted octanol–water partition coefficient (Wildman–Crippen LogP) is 5.21. The summed E-state index contributed by atoms with van der Waals surface area (Å²) >= 11 is 6.07. The van der Waals surface area contributed by atoms with E-state index >= 15 is 0 Å². The van der Waals surface area contributed by atoms with E-state index in [1.807, 2.05) is 6.07 Å². The van der Waals surface area contributed by atoms with Gasteiger partial charge in [0.15, 0.2) is 17.3 Å². The van der Waals surface area contributed by atoms with Gasteiger partial charge >= 0.3 is 5.97 Å². The lowest BCUT2D eigenvalue weighted by molar-refractivity contribution is 0.0733. The summed E-state index contributed by atoms with van der Waals surface area (Å²) in [6.45, 7) is 1.90. The maximum absolute atomic E-state index is 12.8. The maximum Gasteiger partial charge on any atom is 0.345 e. The minimum Gasteiger partial charge on any atom is -0.454 e. The van der Waals surface area contributed by atoms with Crippen molar-refractivity contribution in [3.05, 3.63) is 87.6 Å². The Labute approximate surface area is 182 Å². The van der Waals surface area contributed by atoms with Gasteiger partial charge in [-0.05, 0) is 55.0 Å². The lowest BCUT2D eigenvalue weighted by atomic mass is 10.1. The second-order valence-electron chi connectivity index (χ2n) is 6.99. The molecule has 2 aliphatic rings. The first kappa shape index (κ1) is 19.2. The monoisotopic (exact) mass is 434 g/mol. The molecule has 0 aliphatic carbocycles. The van der Waals surface area contributed by atoms with Crippen LogP contribution < -0.4 is 18.9 Å². The van der Waals surface area contributed by atoms with Crippen molar-refractivity contribution >= 4 is 29.4 Å². The van der Waals surface area contributed by atoms with Gasteiger partial charge in [0.1, 0.15) is 11.5 Å². The van der Waals surface area contributed by atoms with E-state index in [1.165, 1.54) is 0 Å². The number of carbonyl (C=O) groups excluding carboxylic acids is 2. The van der Waals surface area contributed by atoms with E-state index < -0.39 is 5.97 Å². The first-order valence-electron chi connectivity index (χ1n) is 9.45. The molecule has 0 saturated heterocycles. The zero-order chi connectivity index (χ0) is 21.5. The molecule has 0 atom stereocenters. The quantitative estimate of drug-likeness (QED) is 0.320. The van der Waals surface area contributed by atoms with Crippen LogP contribution in [0.5, 0.6) is 23.0 Å². The number of halogens is 1. The summed E-state index contributed by atoms with van der Waals surface area (Å²) < 4.78 is 22.0. The first-order valence-corrected chi connectivity index (χ1v) is 9.83. The van der Waals surface area contributed by atoms with Crippen molar-refractivity contribution in [3.63, 3.8) is 0 Å². The molecular formula is C24H15ClO6. The second kappa shape index (κ2) is 7.49. The largest absolute Gasteiger partial charge is 0.454 e. The lowest BCUT2D eigenvalue weighted by Gasteiger charge is -2.10. The number of esters is 1. The van der Waals surface area contributed by atoms with Crippen LogP contribution in [0.2, 0.25) is 5.02 Å². The molecule has 31 heavy (non-hydrogen) atoms. The maximum atomic E-state index is 12.8. The third kappa shape index (κ3) is 3.41. The van der Waals surface area contributed by atoms with E-state index in [1.54, 1.807) is 61.5 Å². The van der Waals surface area contributed by atoms with E-state index in [-0.39, 0.29) is 23.9 Å². The molecule has 3 aromatic carbocycles. The third-order valence-corrected chi connectivity index (χ3v) is 5.36. The minimum absolute atomic E-state index is 0.172.